The summed E-state index contributed by atoms with van der Waals surface area (Å²) < 4.78 is 32.8. The molecule has 0 spiro atoms. The van der Waals surface area contributed by atoms with E-state index in [-0.39, 0.29) is 6.04 Å². The van der Waals surface area contributed by atoms with Gasteiger partial charge in [0.05, 0.1) is 6.04 Å². The number of hydrogen-bond acceptors (Lipinski definition) is 4. The molecule has 8 heteroatoms. The van der Waals surface area contributed by atoms with Crippen LogP contribution in [0.2, 0.25) is 0 Å². The van der Waals surface area contributed by atoms with Gasteiger partial charge in [-0.2, -0.15) is 4.31 Å². The van der Waals surface area contributed by atoms with Gasteiger partial charge in [-0.25, -0.2) is 13.4 Å². The van der Waals surface area contributed by atoms with Crippen LogP contribution in [0.15, 0.2) is 41.6 Å². The first-order valence-corrected chi connectivity index (χ1v) is 10.1. The normalized spacial score (nSPS) is 19.3. The van der Waals surface area contributed by atoms with Gasteiger partial charge in [0, 0.05) is 62.7 Å². The number of nitrogens with one attached hydrogen (secondary N) is 1. The zero-order chi connectivity index (χ0) is 18.5. The summed E-state index contributed by atoms with van der Waals surface area (Å²) in [5, 5.41) is 4.06. The van der Waals surface area contributed by atoms with Crippen molar-refractivity contribution in [2.24, 2.45) is 14.1 Å². The average Bonchev–Trinajstić information content (AvgIpc) is 3.17. The van der Waals surface area contributed by atoms with E-state index in [9.17, 15) is 8.42 Å². The fraction of sp³-hybridized carbons (Fsp3) is 0.389. The third-order valence-electron chi connectivity index (χ3n) is 5.26. The highest BCUT2D eigenvalue weighted by molar-refractivity contribution is 7.89. The Kier molecular flexibility index (Phi) is 4.13. The summed E-state index contributed by atoms with van der Waals surface area (Å²) in [4.78, 5) is 4.80. The molecule has 0 amide bonds. The average molecular weight is 373 g/mol. The molecular weight excluding hydrogens is 350 g/mol. The van der Waals surface area contributed by atoms with Crippen LogP contribution >= 0.6 is 0 Å². The molecule has 1 atom stereocenters. The van der Waals surface area contributed by atoms with Crippen molar-refractivity contribution in [1.82, 2.24) is 23.7 Å². The molecule has 0 bridgehead atoms. The van der Waals surface area contributed by atoms with Gasteiger partial charge in [0.2, 0.25) is 10.0 Å². The number of nitrogens with zero attached hydrogens (tertiary/aromatic N) is 4. The van der Waals surface area contributed by atoms with Crippen LogP contribution in [0, 0.1) is 6.92 Å². The minimum atomic E-state index is -3.67. The first kappa shape index (κ1) is 17.3. The maximum Gasteiger partial charge on any atom is 0.246 e. The van der Waals surface area contributed by atoms with E-state index in [0.29, 0.717) is 24.5 Å². The van der Waals surface area contributed by atoms with E-state index in [2.05, 4.69) is 10.3 Å². The Balaban J connectivity index is 1.88. The van der Waals surface area contributed by atoms with Gasteiger partial charge in [0.15, 0.2) is 0 Å². The number of aryl methyl sites for hydroxylation is 2. The largest absolute Gasteiger partial charge is 0.347 e. The van der Waals surface area contributed by atoms with Gasteiger partial charge < -0.3 is 14.5 Å². The zero-order valence-corrected chi connectivity index (χ0v) is 16.0. The van der Waals surface area contributed by atoms with E-state index in [1.807, 2.05) is 60.6 Å². The zero-order valence-electron chi connectivity index (χ0n) is 15.2. The molecule has 0 radical (unpaired) electrons. The molecule has 26 heavy (non-hydrogen) atoms. The summed E-state index contributed by atoms with van der Waals surface area (Å²) in [6, 6.07) is 7.32. The minimum Gasteiger partial charge on any atom is -0.347 e. The van der Waals surface area contributed by atoms with Gasteiger partial charge in [-0.3, -0.25) is 0 Å². The molecule has 0 aliphatic carbocycles. The summed E-state index contributed by atoms with van der Waals surface area (Å²) in [6.45, 7) is 3.46. The molecule has 7 nitrogen and oxygen atoms in total. The quantitative estimate of drug-likeness (QED) is 0.756. The van der Waals surface area contributed by atoms with Gasteiger partial charge in [-0.15, -0.1) is 0 Å². The molecule has 0 saturated carbocycles. The first-order valence-electron chi connectivity index (χ1n) is 8.66. The second-order valence-corrected chi connectivity index (χ2v) is 8.55. The molecule has 1 fully saturated rings. The Bertz CT molecular complexity index is 1070. The van der Waals surface area contributed by atoms with Gasteiger partial charge in [0.25, 0.3) is 0 Å². The summed E-state index contributed by atoms with van der Waals surface area (Å²) >= 11 is 0. The minimum absolute atomic E-state index is 0.327. The van der Waals surface area contributed by atoms with Crippen molar-refractivity contribution >= 4 is 20.9 Å². The number of fused-ring (bicyclic) bond motifs is 1. The Morgan fingerprint density at radius 2 is 2.00 bits per heavy atom. The molecular formula is C18H23N5O2S. The van der Waals surface area contributed by atoms with Gasteiger partial charge in [-0.1, -0.05) is 18.2 Å². The SMILES string of the molecule is Cc1c(S(=O)(=O)N2CCNCC2c2nccn2C)c2ccccc2n1C. The van der Waals surface area contributed by atoms with Gasteiger partial charge in [0.1, 0.15) is 10.7 Å². The predicted octanol–water partition coefficient (Wildman–Crippen LogP) is 1.56. The van der Waals surface area contributed by atoms with Crippen molar-refractivity contribution < 1.29 is 8.42 Å². The summed E-state index contributed by atoms with van der Waals surface area (Å²) in [6.07, 6.45) is 3.55. The monoisotopic (exact) mass is 373 g/mol. The standard InChI is InChI=1S/C18H23N5O2S/c1-13-17(14-6-4-5-7-15(14)22(13)3)26(24,25)23-11-8-19-12-16(23)18-20-9-10-21(18)2/h4-7,9-10,16,19H,8,11-12H2,1-3H3. The number of hydrogen-bond donors (Lipinski definition) is 1. The smallest absolute Gasteiger partial charge is 0.246 e. The maximum absolute atomic E-state index is 13.7. The lowest BCUT2D eigenvalue weighted by Gasteiger charge is -2.34. The van der Waals surface area contributed by atoms with Crippen molar-refractivity contribution in [3.63, 3.8) is 0 Å². The van der Waals surface area contributed by atoms with Gasteiger partial charge in [-0.05, 0) is 13.0 Å². The number of imidazole rings is 1. The number of sulfonamides is 1. The van der Waals surface area contributed by atoms with Crippen LogP contribution in [0.3, 0.4) is 0 Å². The highest BCUT2D eigenvalue weighted by atomic mass is 32.2. The lowest BCUT2D eigenvalue weighted by molar-refractivity contribution is 0.258. The van der Waals surface area contributed by atoms with Crippen LogP contribution in [-0.2, 0) is 24.1 Å². The Labute approximate surface area is 153 Å². The van der Waals surface area contributed by atoms with Crippen LogP contribution in [0.4, 0.5) is 0 Å². The summed E-state index contributed by atoms with van der Waals surface area (Å²) in [5.74, 6) is 0.749. The fourth-order valence-electron chi connectivity index (χ4n) is 3.82. The molecule has 1 aromatic carbocycles. The van der Waals surface area contributed by atoms with Crippen molar-refractivity contribution in [3.05, 3.63) is 48.2 Å². The van der Waals surface area contributed by atoms with Crippen LogP contribution in [-0.4, -0.2) is 46.5 Å². The second-order valence-electron chi connectivity index (χ2n) is 6.72. The van der Waals surface area contributed by atoms with Gasteiger partial charge >= 0.3 is 0 Å². The molecule has 2 aromatic heterocycles. The number of rotatable bonds is 3. The molecule has 1 saturated heterocycles. The topological polar surface area (TPSA) is 72.2 Å². The summed E-state index contributed by atoms with van der Waals surface area (Å²) in [7, 11) is 0.130. The molecule has 1 N–H and O–H groups in total. The van der Waals surface area contributed by atoms with E-state index in [0.717, 1.165) is 22.4 Å². The van der Waals surface area contributed by atoms with Crippen molar-refractivity contribution in [2.75, 3.05) is 19.6 Å². The van der Waals surface area contributed by atoms with E-state index in [1.165, 1.54) is 0 Å². The third kappa shape index (κ3) is 2.48. The second kappa shape index (κ2) is 6.22. The number of benzene rings is 1. The third-order valence-corrected chi connectivity index (χ3v) is 7.34. The highest BCUT2D eigenvalue weighted by Crippen LogP contribution is 2.35. The van der Waals surface area contributed by atoms with Crippen molar-refractivity contribution in [3.8, 4) is 0 Å². The number of para-hydroxylation sites is 1. The first-order chi connectivity index (χ1) is 12.4. The fourth-order valence-corrected chi connectivity index (χ4v) is 5.85. The van der Waals surface area contributed by atoms with E-state index in [4.69, 9.17) is 0 Å². The lowest BCUT2D eigenvalue weighted by atomic mass is 10.2. The predicted molar refractivity (Wildman–Crippen MR) is 100 cm³/mol. The summed E-state index contributed by atoms with van der Waals surface area (Å²) in [5.41, 5.74) is 1.68. The molecule has 1 unspecified atom stereocenters. The molecule has 1 aliphatic heterocycles. The molecule has 3 aromatic rings. The van der Waals surface area contributed by atoms with Crippen LogP contribution in [0.25, 0.3) is 10.9 Å². The van der Waals surface area contributed by atoms with Crippen molar-refractivity contribution in [1.29, 1.82) is 0 Å². The lowest BCUT2D eigenvalue weighted by Crippen LogP contribution is -2.49. The molecule has 3 heterocycles. The Hall–Kier alpha value is -2.16. The highest BCUT2D eigenvalue weighted by Gasteiger charge is 2.38. The van der Waals surface area contributed by atoms with Crippen LogP contribution in [0.1, 0.15) is 17.6 Å². The van der Waals surface area contributed by atoms with Crippen molar-refractivity contribution in [2.45, 2.75) is 17.9 Å². The van der Waals surface area contributed by atoms with Crippen LogP contribution in [0.5, 0.6) is 0 Å². The number of aromatic nitrogens is 3. The Morgan fingerprint density at radius 3 is 2.73 bits per heavy atom. The van der Waals surface area contributed by atoms with E-state index in [1.54, 1.807) is 10.5 Å². The molecule has 4 rings (SSSR count). The molecule has 1 aliphatic rings. The number of piperazine rings is 1. The van der Waals surface area contributed by atoms with E-state index >= 15 is 0 Å². The Morgan fingerprint density at radius 1 is 1.23 bits per heavy atom. The van der Waals surface area contributed by atoms with E-state index < -0.39 is 10.0 Å². The van der Waals surface area contributed by atoms with Crippen LogP contribution < -0.4 is 5.32 Å². The maximum atomic E-state index is 13.7. The molecule has 138 valence electrons.